The summed E-state index contributed by atoms with van der Waals surface area (Å²) in [6, 6.07) is 7.55. The zero-order valence-corrected chi connectivity index (χ0v) is 14.6. The summed E-state index contributed by atoms with van der Waals surface area (Å²) in [5.74, 6) is 0.780. The second-order valence-corrected chi connectivity index (χ2v) is 6.75. The Morgan fingerprint density at radius 1 is 1.43 bits per heavy atom. The Morgan fingerprint density at radius 2 is 2.17 bits per heavy atom. The summed E-state index contributed by atoms with van der Waals surface area (Å²) in [5.41, 5.74) is 7.23. The Balaban J connectivity index is 1.94. The number of carbonyl (C=O) groups excluding carboxylic acids is 1. The largest absolute Gasteiger partial charge is 0.382 e. The number of benzene rings is 1. The van der Waals surface area contributed by atoms with Crippen LogP contribution in [0.3, 0.4) is 0 Å². The SMILES string of the molecule is CCOCCC[N]C(=O)c1ccc(C2(C)CCSC(N)=N2)cc1. The van der Waals surface area contributed by atoms with Gasteiger partial charge in [-0.25, -0.2) is 5.32 Å². The van der Waals surface area contributed by atoms with Gasteiger partial charge in [-0.1, -0.05) is 23.9 Å². The summed E-state index contributed by atoms with van der Waals surface area (Å²) in [5, 5.41) is 4.70. The molecular weight excluding hydrogens is 310 g/mol. The molecule has 0 aromatic heterocycles. The van der Waals surface area contributed by atoms with E-state index in [1.165, 1.54) is 0 Å². The molecular formula is C17H24N3O2S. The summed E-state index contributed by atoms with van der Waals surface area (Å²) >= 11 is 1.59. The van der Waals surface area contributed by atoms with Gasteiger partial charge in [0, 0.05) is 31.1 Å². The van der Waals surface area contributed by atoms with Crippen molar-refractivity contribution in [3.05, 3.63) is 35.4 Å². The van der Waals surface area contributed by atoms with Gasteiger partial charge in [0.05, 0.1) is 5.54 Å². The summed E-state index contributed by atoms with van der Waals surface area (Å²) in [4.78, 5) is 16.6. The van der Waals surface area contributed by atoms with Gasteiger partial charge >= 0.3 is 0 Å². The third-order valence-corrected chi connectivity index (χ3v) is 4.65. The lowest BCUT2D eigenvalue weighted by molar-refractivity contribution is 0.0939. The second-order valence-electron chi connectivity index (χ2n) is 5.64. The Labute approximate surface area is 142 Å². The number of amidine groups is 1. The van der Waals surface area contributed by atoms with Gasteiger partial charge in [0.25, 0.3) is 5.91 Å². The van der Waals surface area contributed by atoms with Crippen LogP contribution in [0.5, 0.6) is 0 Å². The van der Waals surface area contributed by atoms with Gasteiger partial charge in [0.1, 0.15) is 0 Å². The van der Waals surface area contributed by atoms with Gasteiger partial charge in [-0.2, -0.15) is 0 Å². The zero-order valence-electron chi connectivity index (χ0n) is 13.7. The summed E-state index contributed by atoms with van der Waals surface area (Å²) < 4.78 is 5.23. The number of hydrogen-bond donors (Lipinski definition) is 1. The molecule has 1 aliphatic heterocycles. The average molecular weight is 334 g/mol. The first-order chi connectivity index (χ1) is 11.0. The maximum absolute atomic E-state index is 12.0. The maximum Gasteiger partial charge on any atom is 0.272 e. The van der Waals surface area contributed by atoms with Gasteiger partial charge < -0.3 is 10.5 Å². The first-order valence-electron chi connectivity index (χ1n) is 7.93. The molecule has 2 N–H and O–H groups in total. The molecule has 1 aliphatic rings. The molecule has 2 rings (SSSR count). The van der Waals surface area contributed by atoms with Gasteiger partial charge in [-0.15, -0.1) is 0 Å². The van der Waals surface area contributed by atoms with Gasteiger partial charge in [-0.05, 0) is 44.4 Å². The monoisotopic (exact) mass is 334 g/mol. The van der Waals surface area contributed by atoms with E-state index in [-0.39, 0.29) is 11.4 Å². The maximum atomic E-state index is 12.0. The zero-order chi connectivity index (χ0) is 16.7. The molecule has 0 fully saturated rings. The van der Waals surface area contributed by atoms with E-state index in [1.807, 2.05) is 31.2 Å². The van der Waals surface area contributed by atoms with Crippen LogP contribution in [0.4, 0.5) is 0 Å². The van der Waals surface area contributed by atoms with Crippen molar-refractivity contribution < 1.29 is 9.53 Å². The lowest BCUT2D eigenvalue weighted by Crippen LogP contribution is -2.28. The predicted molar refractivity (Wildman–Crippen MR) is 94.9 cm³/mol. The van der Waals surface area contributed by atoms with E-state index in [2.05, 4.69) is 17.2 Å². The van der Waals surface area contributed by atoms with E-state index >= 15 is 0 Å². The number of nitrogens with zero attached hydrogens (tertiary/aromatic N) is 2. The van der Waals surface area contributed by atoms with Crippen molar-refractivity contribution in [3.63, 3.8) is 0 Å². The molecule has 1 heterocycles. The minimum absolute atomic E-state index is 0.180. The standard InChI is InChI=1S/C17H24N3O2S/c1-3-22-11-4-10-19-15(21)13-5-7-14(8-6-13)17(2)9-12-23-16(18)20-17/h5-8H,3-4,9-12H2,1-2H3,(H2,18,20). The van der Waals surface area contributed by atoms with E-state index in [4.69, 9.17) is 10.5 Å². The first-order valence-corrected chi connectivity index (χ1v) is 8.92. The van der Waals surface area contributed by atoms with Crippen LogP contribution in [0.25, 0.3) is 0 Å². The smallest absolute Gasteiger partial charge is 0.272 e. The van der Waals surface area contributed by atoms with Crippen LogP contribution in [0.1, 0.15) is 42.6 Å². The highest BCUT2D eigenvalue weighted by molar-refractivity contribution is 8.13. The molecule has 5 nitrogen and oxygen atoms in total. The molecule has 0 bridgehead atoms. The van der Waals surface area contributed by atoms with Gasteiger partial charge in [-0.3, -0.25) is 9.79 Å². The number of amides is 1. The molecule has 1 aromatic carbocycles. The van der Waals surface area contributed by atoms with Crippen LogP contribution in [-0.2, 0) is 10.3 Å². The molecule has 0 saturated heterocycles. The highest BCUT2D eigenvalue weighted by Gasteiger charge is 2.29. The van der Waals surface area contributed by atoms with Crippen molar-refractivity contribution in [1.82, 2.24) is 5.32 Å². The molecule has 23 heavy (non-hydrogen) atoms. The predicted octanol–water partition coefficient (Wildman–Crippen LogP) is 2.52. The molecule has 1 radical (unpaired) electrons. The fourth-order valence-corrected chi connectivity index (χ4v) is 3.42. The van der Waals surface area contributed by atoms with E-state index < -0.39 is 0 Å². The highest BCUT2D eigenvalue weighted by Crippen LogP contribution is 2.34. The Morgan fingerprint density at radius 3 is 2.83 bits per heavy atom. The third-order valence-electron chi connectivity index (χ3n) is 3.86. The highest BCUT2D eigenvalue weighted by atomic mass is 32.2. The Kier molecular flexibility index (Phi) is 6.47. The topological polar surface area (TPSA) is 78.8 Å². The van der Waals surface area contributed by atoms with Gasteiger partial charge in [0.2, 0.25) is 0 Å². The van der Waals surface area contributed by atoms with Crippen molar-refractivity contribution in [1.29, 1.82) is 0 Å². The van der Waals surface area contributed by atoms with Crippen molar-refractivity contribution in [2.24, 2.45) is 10.7 Å². The number of carbonyl (C=O) groups is 1. The number of hydrogen-bond acceptors (Lipinski definition) is 5. The van der Waals surface area contributed by atoms with Crippen LogP contribution in [0.2, 0.25) is 0 Å². The molecule has 125 valence electrons. The molecule has 0 saturated carbocycles. The van der Waals surface area contributed by atoms with Crippen LogP contribution < -0.4 is 11.1 Å². The molecule has 6 heteroatoms. The van der Waals surface area contributed by atoms with Crippen molar-refractivity contribution >= 4 is 22.8 Å². The second kappa shape index (κ2) is 8.36. The molecule has 1 atom stereocenters. The summed E-state index contributed by atoms with van der Waals surface area (Å²) in [6.45, 7) is 5.86. The van der Waals surface area contributed by atoms with E-state index in [9.17, 15) is 4.79 Å². The first kappa shape index (κ1) is 17.8. The minimum Gasteiger partial charge on any atom is -0.382 e. The van der Waals surface area contributed by atoms with Crippen molar-refractivity contribution in [3.8, 4) is 0 Å². The number of rotatable bonds is 7. The number of nitrogens with two attached hydrogens (primary N) is 1. The normalized spacial score (nSPS) is 20.9. The van der Waals surface area contributed by atoms with Crippen LogP contribution in [0.15, 0.2) is 29.3 Å². The van der Waals surface area contributed by atoms with E-state index in [1.54, 1.807) is 11.8 Å². The van der Waals surface area contributed by atoms with Crippen molar-refractivity contribution in [2.45, 2.75) is 32.2 Å². The van der Waals surface area contributed by atoms with E-state index in [0.717, 1.165) is 24.2 Å². The number of thioether (sulfide) groups is 1. The molecule has 1 unspecified atom stereocenters. The Hall–Kier alpha value is -1.53. The van der Waals surface area contributed by atoms with Gasteiger partial charge in [0.15, 0.2) is 5.17 Å². The third kappa shape index (κ3) is 4.97. The summed E-state index contributed by atoms with van der Waals surface area (Å²) in [6.07, 6.45) is 1.70. The molecule has 0 spiro atoms. The fraction of sp³-hybridized carbons (Fsp3) is 0.529. The van der Waals surface area contributed by atoms with E-state index in [0.29, 0.717) is 30.5 Å². The number of ether oxygens (including phenoxy) is 1. The van der Waals surface area contributed by atoms with Crippen LogP contribution in [-0.4, -0.2) is 36.6 Å². The average Bonchev–Trinajstić information content (AvgIpc) is 2.54. The van der Waals surface area contributed by atoms with Crippen LogP contribution >= 0.6 is 11.8 Å². The quantitative estimate of drug-likeness (QED) is 0.777. The molecule has 0 aliphatic carbocycles. The fourth-order valence-electron chi connectivity index (χ4n) is 2.45. The Bertz CT molecular complexity index is 559. The molecule has 1 aromatic rings. The molecule has 1 amide bonds. The lowest BCUT2D eigenvalue weighted by atomic mass is 9.89. The minimum atomic E-state index is -0.300. The van der Waals surface area contributed by atoms with Crippen LogP contribution in [0, 0.1) is 0 Å². The number of aliphatic imine (C=N–C) groups is 1. The van der Waals surface area contributed by atoms with Crippen molar-refractivity contribution in [2.75, 3.05) is 25.5 Å². The lowest BCUT2D eigenvalue weighted by Gasteiger charge is -2.29. The summed E-state index contributed by atoms with van der Waals surface area (Å²) in [7, 11) is 0.